The van der Waals surface area contributed by atoms with Crippen LogP contribution < -0.4 is 15.4 Å². The fourth-order valence-corrected chi connectivity index (χ4v) is 4.04. The van der Waals surface area contributed by atoms with E-state index in [9.17, 15) is 19.5 Å². The predicted octanol–water partition coefficient (Wildman–Crippen LogP) is 5.24. The second-order valence-corrected chi connectivity index (χ2v) is 9.08. The van der Waals surface area contributed by atoms with E-state index in [2.05, 4.69) is 15.8 Å². The van der Waals surface area contributed by atoms with Gasteiger partial charge in [-0.05, 0) is 37.3 Å². The Morgan fingerprint density at radius 3 is 2.40 bits per heavy atom. The van der Waals surface area contributed by atoms with Crippen LogP contribution >= 0.6 is 11.6 Å². The average Bonchev–Trinajstić information content (AvgIpc) is 3.43. The number of carbonyl (C=O) groups is 3. The van der Waals surface area contributed by atoms with Crippen molar-refractivity contribution >= 4 is 29.6 Å². The van der Waals surface area contributed by atoms with E-state index in [1.165, 1.54) is 18.4 Å². The minimum atomic E-state index is -1.25. The summed E-state index contributed by atoms with van der Waals surface area (Å²) in [7, 11) is 0. The first-order valence-corrected chi connectivity index (χ1v) is 12.6. The molecule has 10 nitrogen and oxygen atoms in total. The molecule has 2 atom stereocenters. The molecule has 0 saturated carbocycles. The van der Waals surface area contributed by atoms with Gasteiger partial charge < -0.3 is 29.7 Å². The standard InChI is InChI=1S/C29H26ClN3O7/c1-18(23-9-5-6-10-24(23)30)40-29(37)31-15-21-16-39-33-26(21)19-11-13-20(14-12-19)27(34)32-25(28(35)36)17-38-22-7-3-2-4-8-22/h2-14,16,18,25H,15,17H2,1H3,(H,31,37)(H,32,34)(H,35,36). The summed E-state index contributed by atoms with van der Waals surface area (Å²) in [5, 5.41) is 19.1. The van der Waals surface area contributed by atoms with E-state index < -0.39 is 30.1 Å². The lowest BCUT2D eigenvalue weighted by molar-refractivity contribution is -0.140. The van der Waals surface area contributed by atoms with Crippen molar-refractivity contribution in [2.75, 3.05) is 6.61 Å². The van der Waals surface area contributed by atoms with Crippen LogP contribution in [0.2, 0.25) is 5.02 Å². The summed E-state index contributed by atoms with van der Waals surface area (Å²) >= 11 is 6.17. The second-order valence-electron chi connectivity index (χ2n) is 8.68. The van der Waals surface area contributed by atoms with Gasteiger partial charge in [0.2, 0.25) is 0 Å². The van der Waals surface area contributed by atoms with Crippen molar-refractivity contribution < 1.29 is 33.5 Å². The Morgan fingerprint density at radius 1 is 1.00 bits per heavy atom. The molecule has 4 aromatic rings. The van der Waals surface area contributed by atoms with Crippen LogP contribution in [0.4, 0.5) is 4.79 Å². The maximum Gasteiger partial charge on any atom is 0.408 e. The van der Waals surface area contributed by atoms with E-state index in [-0.39, 0.29) is 18.7 Å². The minimum Gasteiger partial charge on any atom is -0.491 e. The molecule has 0 radical (unpaired) electrons. The van der Waals surface area contributed by atoms with Crippen LogP contribution in [0.3, 0.4) is 0 Å². The number of rotatable bonds is 11. The van der Waals surface area contributed by atoms with Crippen LogP contribution in [0.1, 0.15) is 34.5 Å². The molecule has 0 saturated heterocycles. The fraction of sp³-hybridized carbons (Fsp3) is 0.172. The van der Waals surface area contributed by atoms with Crippen LogP contribution in [0.25, 0.3) is 11.3 Å². The highest BCUT2D eigenvalue weighted by atomic mass is 35.5. The molecule has 0 aliphatic carbocycles. The smallest absolute Gasteiger partial charge is 0.408 e. The lowest BCUT2D eigenvalue weighted by Crippen LogP contribution is -2.44. The highest BCUT2D eigenvalue weighted by Crippen LogP contribution is 2.26. The summed E-state index contributed by atoms with van der Waals surface area (Å²) in [6.45, 7) is 1.56. The van der Waals surface area contributed by atoms with Crippen LogP contribution in [-0.4, -0.2) is 40.9 Å². The zero-order valence-corrected chi connectivity index (χ0v) is 22.1. The zero-order valence-electron chi connectivity index (χ0n) is 21.4. The average molecular weight is 564 g/mol. The van der Waals surface area contributed by atoms with Crippen molar-refractivity contribution in [3.05, 3.63) is 107 Å². The maximum absolute atomic E-state index is 12.7. The first kappa shape index (κ1) is 28.2. The molecular weight excluding hydrogens is 538 g/mol. The van der Waals surface area contributed by atoms with Gasteiger partial charge in [-0.15, -0.1) is 0 Å². The molecule has 40 heavy (non-hydrogen) atoms. The number of amides is 2. The van der Waals surface area contributed by atoms with Gasteiger partial charge in [-0.25, -0.2) is 9.59 Å². The Kier molecular flexibility index (Phi) is 9.37. The van der Waals surface area contributed by atoms with Crippen molar-refractivity contribution in [1.82, 2.24) is 15.8 Å². The molecule has 1 aromatic heterocycles. The van der Waals surface area contributed by atoms with Crippen LogP contribution in [0, 0.1) is 0 Å². The molecule has 3 aromatic carbocycles. The van der Waals surface area contributed by atoms with Gasteiger partial charge in [0.25, 0.3) is 5.91 Å². The van der Waals surface area contributed by atoms with Gasteiger partial charge in [0, 0.05) is 27.3 Å². The number of alkyl carbamates (subject to hydrolysis) is 1. The first-order chi connectivity index (χ1) is 19.3. The molecule has 0 aliphatic heterocycles. The SMILES string of the molecule is CC(OC(=O)NCc1conc1-c1ccc(C(=O)NC(COc2ccccc2)C(=O)O)cc1)c1ccccc1Cl. The topological polar surface area (TPSA) is 140 Å². The monoisotopic (exact) mass is 563 g/mol. The van der Waals surface area contributed by atoms with E-state index in [1.54, 1.807) is 61.5 Å². The molecule has 0 aliphatic rings. The number of hydrogen-bond donors (Lipinski definition) is 3. The number of aliphatic carboxylic acids is 1. The molecule has 206 valence electrons. The summed E-state index contributed by atoms with van der Waals surface area (Å²) in [5.41, 5.74) is 2.61. The summed E-state index contributed by atoms with van der Waals surface area (Å²) < 4.78 is 16.0. The molecule has 2 unspecified atom stereocenters. The number of carboxylic acids is 1. The van der Waals surface area contributed by atoms with Gasteiger partial charge in [0.1, 0.15) is 30.4 Å². The predicted molar refractivity (Wildman–Crippen MR) is 146 cm³/mol. The van der Waals surface area contributed by atoms with Gasteiger partial charge in [0.15, 0.2) is 6.04 Å². The quantitative estimate of drug-likeness (QED) is 0.225. The lowest BCUT2D eigenvalue weighted by Gasteiger charge is -2.16. The van der Waals surface area contributed by atoms with Gasteiger partial charge in [-0.1, -0.05) is 65.3 Å². The number of halogens is 1. The minimum absolute atomic E-state index is 0.0802. The van der Waals surface area contributed by atoms with E-state index in [0.717, 1.165) is 0 Å². The number of ether oxygens (including phenoxy) is 2. The second kappa shape index (κ2) is 13.3. The highest BCUT2D eigenvalue weighted by Gasteiger charge is 2.22. The number of aromatic nitrogens is 1. The summed E-state index contributed by atoms with van der Waals surface area (Å²) in [5.74, 6) is -1.30. The van der Waals surface area contributed by atoms with Crippen molar-refractivity contribution in [3.63, 3.8) is 0 Å². The summed E-state index contributed by atoms with van der Waals surface area (Å²) in [4.78, 5) is 36.7. The molecule has 11 heteroatoms. The normalized spacial score (nSPS) is 12.2. The molecule has 1 heterocycles. The van der Waals surface area contributed by atoms with Crippen molar-refractivity contribution in [2.45, 2.75) is 25.6 Å². The van der Waals surface area contributed by atoms with E-state index in [4.69, 9.17) is 25.6 Å². The molecular formula is C29H26ClN3O7. The van der Waals surface area contributed by atoms with Gasteiger partial charge in [0.05, 0.1) is 6.54 Å². The number of nitrogens with one attached hydrogen (secondary N) is 2. The van der Waals surface area contributed by atoms with Gasteiger partial charge >= 0.3 is 12.1 Å². The third kappa shape index (κ3) is 7.39. The first-order valence-electron chi connectivity index (χ1n) is 12.3. The molecule has 3 N–H and O–H groups in total. The molecule has 0 bridgehead atoms. The Bertz CT molecular complexity index is 1460. The van der Waals surface area contributed by atoms with Crippen LogP contribution in [-0.2, 0) is 16.1 Å². The van der Waals surface area contributed by atoms with Crippen molar-refractivity contribution in [2.24, 2.45) is 0 Å². The molecule has 2 amide bonds. The van der Waals surface area contributed by atoms with Crippen LogP contribution in [0.15, 0.2) is 89.6 Å². The third-order valence-electron chi connectivity index (χ3n) is 5.88. The largest absolute Gasteiger partial charge is 0.491 e. The fourth-order valence-electron chi connectivity index (χ4n) is 3.75. The van der Waals surface area contributed by atoms with Crippen molar-refractivity contribution in [3.8, 4) is 17.0 Å². The molecule has 0 spiro atoms. The Labute approximate surface area is 234 Å². The highest BCUT2D eigenvalue weighted by molar-refractivity contribution is 6.31. The zero-order chi connectivity index (χ0) is 28.5. The number of carbonyl (C=O) groups excluding carboxylic acids is 2. The third-order valence-corrected chi connectivity index (χ3v) is 6.22. The summed E-state index contributed by atoms with van der Waals surface area (Å²) in [6, 6.07) is 20.9. The van der Waals surface area contributed by atoms with E-state index >= 15 is 0 Å². The van der Waals surface area contributed by atoms with Crippen molar-refractivity contribution in [1.29, 1.82) is 0 Å². The number of carboxylic acid groups (broad SMARTS) is 1. The number of nitrogens with zero attached hydrogens (tertiary/aromatic N) is 1. The van der Waals surface area contributed by atoms with E-state index in [0.29, 0.717) is 33.2 Å². The maximum atomic E-state index is 12.7. The Balaban J connectivity index is 1.33. The Morgan fingerprint density at radius 2 is 1.70 bits per heavy atom. The number of para-hydroxylation sites is 1. The lowest BCUT2D eigenvalue weighted by atomic mass is 10.1. The van der Waals surface area contributed by atoms with E-state index in [1.807, 2.05) is 12.1 Å². The summed E-state index contributed by atoms with van der Waals surface area (Å²) in [6.07, 6.45) is 0.202. The van der Waals surface area contributed by atoms with Gasteiger partial charge in [-0.3, -0.25) is 4.79 Å². The number of hydrogen-bond acceptors (Lipinski definition) is 7. The van der Waals surface area contributed by atoms with Gasteiger partial charge in [-0.2, -0.15) is 0 Å². The molecule has 0 fully saturated rings. The number of benzene rings is 3. The van der Waals surface area contributed by atoms with Crippen LogP contribution in [0.5, 0.6) is 5.75 Å². The Hall–Kier alpha value is -4.83. The molecule has 4 rings (SSSR count).